The lowest BCUT2D eigenvalue weighted by Gasteiger charge is -2.34. The van der Waals surface area contributed by atoms with Gasteiger partial charge < -0.3 is 10.6 Å². The summed E-state index contributed by atoms with van der Waals surface area (Å²) in [6, 6.07) is 5.44. The third-order valence-corrected chi connectivity index (χ3v) is 4.41. The molecule has 0 saturated carbocycles. The van der Waals surface area contributed by atoms with Gasteiger partial charge in [-0.15, -0.1) is 0 Å². The van der Waals surface area contributed by atoms with Gasteiger partial charge in [-0.05, 0) is 56.0 Å². The molecule has 4 heteroatoms. The van der Waals surface area contributed by atoms with Crippen LogP contribution in [0, 0.1) is 12.3 Å². The van der Waals surface area contributed by atoms with Crippen LogP contribution in [0.2, 0.25) is 5.02 Å². The van der Waals surface area contributed by atoms with E-state index in [1.807, 2.05) is 25.1 Å². The summed E-state index contributed by atoms with van der Waals surface area (Å²) in [7, 11) is 0. The first-order chi connectivity index (χ1) is 9.02. The van der Waals surface area contributed by atoms with E-state index in [0.717, 1.165) is 38.0 Å². The molecule has 1 aromatic rings. The van der Waals surface area contributed by atoms with Gasteiger partial charge in [0.05, 0.1) is 0 Å². The standard InChI is InChI=1S/C15H21ClN2O/c1-11-12(4-3-5-13(11)16)14(19)18-10-15(2)6-8-17-9-7-15/h3-5,17H,6-10H2,1-2H3,(H,18,19). The molecule has 1 fully saturated rings. The molecule has 0 spiro atoms. The van der Waals surface area contributed by atoms with Crippen LogP contribution in [0.1, 0.15) is 35.7 Å². The van der Waals surface area contributed by atoms with Crippen molar-refractivity contribution in [3.05, 3.63) is 34.3 Å². The fraction of sp³-hybridized carbons (Fsp3) is 0.533. The van der Waals surface area contributed by atoms with Gasteiger partial charge in [0.2, 0.25) is 0 Å². The molecule has 0 atom stereocenters. The van der Waals surface area contributed by atoms with Crippen molar-refractivity contribution in [3.63, 3.8) is 0 Å². The Morgan fingerprint density at radius 1 is 1.42 bits per heavy atom. The monoisotopic (exact) mass is 280 g/mol. The molecule has 1 heterocycles. The summed E-state index contributed by atoms with van der Waals surface area (Å²) in [6.07, 6.45) is 2.20. The van der Waals surface area contributed by atoms with Crippen LogP contribution < -0.4 is 10.6 Å². The molecular formula is C15H21ClN2O. The Hall–Kier alpha value is -1.06. The lowest BCUT2D eigenvalue weighted by molar-refractivity contribution is 0.0921. The fourth-order valence-electron chi connectivity index (χ4n) is 2.45. The fourth-order valence-corrected chi connectivity index (χ4v) is 2.62. The van der Waals surface area contributed by atoms with E-state index in [1.165, 1.54) is 0 Å². The molecule has 0 aliphatic carbocycles. The summed E-state index contributed by atoms with van der Waals surface area (Å²) in [6.45, 7) is 6.90. The molecule has 3 nitrogen and oxygen atoms in total. The number of carbonyl (C=O) groups excluding carboxylic acids is 1. The first-order valence-electron chi connectivity index (χ1n) is 6.76. The van der Waals surface area contributed by atoms with E-state index >= 15 is 0 Å². The molecule has 19 heavy (non-hydrogen) atoms. The molecule has 1 aromatic carbocycles. The average Bonchev–Trinajstić information content (AvgIpc) is 2.40. The summed E-state index contributed by atoms with van der Waals surface area (Å²) >= 11 is 6.05. The molecule has 1 amide bonds. The first-order valence-corrected chi connectivity index (χ1v) is 7.14. The lowest BCUT2D eigenvalue weighted by Crippen LogP contribution is -2.43. The lowest BCUT2D eigenvalue weighted by atomic mass is 9.81. The quantitative estimate of drug-likeness (QED) is 0.894. The minimum atomic E-state index is -0.0280. The second kappa shape index (κ2) is 5.93. The number of benzene rings is 1. The summed E-state index contributed by atoms with van der Waals surface area (Å²) in [5.74, 6) is -0.0280. The van der Waals surface area contributed by atoms with Gasteiger partial charge in [0.1, 0.15) is 0 Å². The predicted molar refractivity (Wildman–Crippen MR) is 78.7 cm³/mol. The minimum absolute atomic E-state index is 0.0280. The largest absolute Gasteiger partial charge is 0.351 e. The Kier molecular flexibility index (Phi) is 4.48. The van der Waals surface area contributed by atoms with Crippen LogP contribution in [0.3, 0.4) is 0 Å². The van der Waals surface area contributed by atoms with Crippen LogP contribution in [0.25, 0.3) is 0 Å². The van der Waals surface area contributed by atoms with Crippen molar-refractivity contribution >= 4 is 17.5 Å². The number of rotatable bonds is 3. The maximum Gasteiger partial charge on any atom is 0.251 e. The van der Waals surface area contributed by atoms with Gasteiger partial charge >= 0.3 is 0 Å². The molecule has 0 radical (unpaired) electrons. The molecule has 104 valence electrons. The highest BCUT2D eigenvalue weighted by molar-refractivity contribution is 6.31. The number of halogens is 1. The van der Waals surface area contributed by atoms with E-state index in [-0.39, 0.29) is 11.3 Å². The Labute approximate surface area is 119 Å². The van der Waals surface area contributed by atoms with Crippen LogP contribution in [0.5, 0.6) is 0 Å². The van der Waals surface area contributed by atoms with Gasteiger partial charge in [0.15, 0.2) is 0 Å². The van der Waals surface area contributed by atoms with Crippen LogP contribution in [0.15, 0.2) is 18.2 Å². The SMILES string of the molecule is Cc1c(Cl)cccc1C(=O)NCC1(C)CCNCC1. The molecular weight excluding hydrogens is 260 g/mol. The highest BCUT2D eigenvalue weighted by Gasteiger charge is 2.27. The van der Waals surface area contributed by atoms with Crippen LogP contribution in [-0.4, -0.2) is 25.5 Å². The summed E-state index contributed by atoms with van der Waals surface area (Å²) in [5, 5.41) is 7.04. The zero-order valence-corrected chi connectivity index (χ0v) is 12.3. The Morgan fingerprint density at radius 3 is 2.79 bits per heavy atom. The van der Waals surface area contributed by atoms with E-state index in [4.69, 9.17) is 11.6 Å². The zero-order chi connectivity index (χ0) is 13.9. The molecule has 1 aliphatic heterocycles. The second-order valence-electron chi connectivity index (χ2n) is 5.66. The molecule has 1 saturated heterocycles. The van der Waals surface area contributed by atoms with Crippen LogP contribution >= 0.6 is 11.6 Å². The summed E-state index contributed by atoms with van der Waals surface area (Å²) in [5.41, 5.74) is 1.72. The zero-order valence-electron chi connectivity index (χ0n) is 11.6. The number of nitrogens with one attached hydrogen (secondary N) is 2. The molecule has 0 bridgehead atoms. The van der Waals surface area contributed by atoms with Crippen LogP contribution in [-0.2, 0) is 0 Å². The molecule has 0 unspecified atom stereocenters. The van der Waals surface area contributed by atoms with Crippen molar-refractivity contribution in [3.8, 4) is 0 Å². The van der Waals surface area contributed by atoms with E-state index < -0.39 is 0 Å². The Bertz CT molecular complexity index is 467. The molecule has 0 aromatic heterocycles. The molecule has 2 rings (SSSR count). The van der Waals surface area contributed by atoms with Gasteiger partial charge in [-0.3, -0.25) is 4.79 Å². The topological polar surface area (TPSA) is 41.1 Å². The maximum absolute atomic E-state index is 12.2. The Balaban J connectivity index is 1.99. The van der Waals surface area contributed by atoms with Gasteiger partial charge in [0, 0.05) is 17.1 Å². The van der Waals surface area contributed by atoms with Crippen molar-refractivity contribution in [2.75, 3.05) is 19.6 Å². The smallest absolute Gasteiger partial charge is 0.251 e. The number of piperidine rings is 1. The van der Waals surface area contributed by atoms with Crippen LogP contribution in [0.4, 0.5) is 0 Å². The van der Waals surface area contributed by atoms with E-state index in [9.17, 15) is 4.79 Å². The second-order valence-corrected chi connectivity index (χ2v) is 6.06. The van der Waals surface area contributed by atoms with Gasteiger partial charge in [0.25, 0.3) is 5.91 Å². The molecule has 2 N–H and O–H groups in total. The number of hydrogen-bond donors (Lipinski definition) is 2. The van der Waals surface area contributed by atoms with Crippen molar-refractivity contribution < 1.29 is 4.79 Å². The first kappa shape index (κ1) is 14.4. The highest BCUT2D eigenvalue weighted by atomic mass is 35.5. The van der Waals surface area contributed by atoms with Gasteiger partial charge in [-0.2, -0.15) is 0 Å². The van der Waals surface area contributed by atoms with E-state index in [0.29, 0.717) is 10.6 Å². The van der Waals surface area contributed by atoms with Crippen molar-refractivity contribution in [2.24, 2.45) is 5.41 Å². The minimum Gasteiger partial charge on any atom is -0.351 e. The Morgan fingerprint density at radius 2 is 2.11 bits per heavy atom. The predicted octanol–water partition coefficient (Wildman–Crippen LogP) is 2.77. The van der Waals surface area contributed by atoms with E-state index in [1.54, 1.807) is 0 Å². The highest BCUT2D eigenvalue weighted by Crippen LogP contribution is 2.27. The third-order valence-electron chi connectivity index (χ3n) is 4.00. The third kappa shape index (κ3) is 3.48. The van der Waals surface area contributed by atoms with Crippen molar-refractivity contribution in [1.82, 2.24) is 10.6 Å². The van der Waals surface area contributed by atoms with Crippen molar-refractivity contribution in [2.45, 2.75) is 26.7 Å². The number of hydrogen-bond acceptors (Lipinski definition) is 2. The normalized spacial score (nSPS) is 18.1. The molecule has 1 aliphatic rings. The van der Waals surface area contributed by atoms with Gasteiger partial charge in [-0.25, -0.2) is 0 Å². The maximum atomic E-state index is 12.2. The number of carbonyl (C=O) groups is 1. The summed E-state index contributed by atoms with van der Waals surface area (Å²) in [4.78, 5) is 12.2. The van der Waals surface area contributed by atoms with E-state index in [2.05, 4.69) is 17.6 Å². The van der Waals surface area contributed by atoms with Gasteiger partial charge in [-0.1, -0.05) is 24.6 Å². The van der Waals surface area contributed by atoms with Crippen molar-refractivity contribution in [1.29, 1.82) is 0 Å². The number of amides is 1. The summed E-state index contributed by atoms with van der Waals surface area (Å²) < 4.78 is 0. The average molecular weight is 281 g/mol.